The first-order valence-corrected chi connectivity index (χ1v) is 13.3. The number of ether oxygens (including phenoxy) is 1. The molecule has 206 valence electrons. The Hall–Kier alpha value is -3.53. The topological polar surface area (TPSA) is 204 Å². The number of epoxide rings is 1. The summed E-state index contributed by atoms with van der Waals surface area (Å²) in [6, 6.07) is 11.9. The maximum absolute atomic E-state index is 10.8. The van der Waals surface area contributed by atoms with Crippen LogP contribution in [0.4, 0.5) is 17.1 Å². The number of non-ortho nitro benzene ring substituents is 1. The van der Waals surface area contributed by atoms with Crippen LogP contribution in [0.5, 0.6) is 0 Å². The number of hydrogen-bond donors (Lipinski definition) is 1. The zero-order valence-electron chi connectivity index (χ0n) is 21.0. The molecule has 4 rings (SSSR count). The van der Waals surface area contributed by atoms with Gasteiger partial charge in [0.05, 0.1) is 33.4 Å². The van der Waals surface area contributed by atoms with E-state index >= 15 is 0 Å². The minimum absolute atomic E-state index is 0.157. The van der Waals surface area contributed by atoms with Gasteiger partial charge in [0, 0.05) is 12.0 Å². The molecule has 0 aromatic heterocycles. The van der Waals surface area contributed by atoms with Gasteiger partial charge in [-0.25, -0.2) is 8.42 Å². The van der Waals surface area contributed by atoms with E-state index in [4.69, 9.17) is 4.74 Å². The van der Waals surface area contributed by atoms with Gasteiger partial charge in [0.1, 0.15) is 33.9 Å². The molecule has 2 aromatic carbocycles. The van der Waals surface area contributed by atoms with Gasteiger partial charge in [-0.2, -0.15) is 0 Å². The molecule has 14 nitrogen and oxygen atoms in total. The van der Waals surface area contributed by atoms with Crippen molar-refractivity contribution in [2.24, 2.45) is 0 Å². The fourth-order valence-corrected chi connectivity index (χ4v) is 6.36. The van der Waals surface area contributed by atoms with Gasteiger partial charge in [-0.3, -0.25) is 30.3 Å². The highest BCUT2D eigenvalue weighted by Gasteiger charge is 2.74. The fourth-order valence-electron chi connectivity index (χ4n) is 5.58. The molecular formula is C23H28N4O10S. The standard InChI is InChI=1S/C17H25NO.C6H3N3O9S/c1-4-15-17(5-2)16(3,19-17)11-12-18(15)13-14-9-7-6-8-10-14;10-7(11)3-1-4(8(12)13)6(19(16,17)18)5(2-3)9(14)15/h6-10,15H,4-5,11-13H2,1-3H3;1-2H,(H,16,17,18)/t15-,16-,17+;/m1./s1. The van der Waals surface area contributed by atoms with Crippen molar-refractivity contribution in [3.8, 4) is 0 Å². The molecule has 15 heteroatoms. The van der Waals surface area contributed by atoms with Crippen LogP contribution in [0.1, 0.15) is 45.6 Å². The van der Waals surface area contributed by atoms with Crippen LogP contribution in [0.2, 0.25) is 0 Å². The zero-order chi connectivity index (χ0) is 28.5. The fraction of sp³-hybridized carbons (Fsp3) is 0.478. The number of piperidine rings is 1. The molecule has 0 saturated carbocycles. The summed E-state index contributed by atoms with van der Waals surface area (Å²) in [6.45, 7) is 9.31. The maximum atomic E-state index is 10.8. The number of fused-ring (bicyclic) bond motifs is 1. The molecule has 0 bridgehead atoms. The summed E-state index contributed by atoms with van der Waals surface area (Å²) in [5.41, 5.74) is -2.34. The summed E-state index contributed by atoms with van der Waals surface area (Å²) in [7, 11) is -5.55. The molecule has 0 radical (unpaired) electrons. The minimum atomic E-state index is -5.55. The Morgan fingerprint density at radius 3 is 1.97 bits per heavy atom. The Labute approximate surface area is 218 Å². The number of nitro benzene ring substituents is 3. The molecule has 0 amide bonds. The van der Waals surface area contributed by atoms with Crippen molar-refractivity contribution in [3.63, 3.8) is 0 Å². The summed E-state index contributed by atoms with van der Waals surface area (Å²) >= 11 is 0. The summed E-state index contributed by atoms with van der Waals surface area (Å²) < 4.78 is 38.7. The molecule has 38 heavy (non-hydrogen) atoms. The molecule has 2 aliphatic heterocycles. The average molecular weight is 553 g/mol. The first-order chi connectivity index (χ1) is 17.7. The second-order valence-corrected chi connectivity index (χ2v) is 10.7. The summed E-state index contributed by atoms with van der Waals surface area (Å²) in [4.78, 5) is 27.5. The lowest BCUT2D eigenvalue weighted by Crippen LogP contribution is -3.17. The van der Waals surface area contributed by atoms with E-state index in [1.165, 1.54) is 24.9 Å². The SMILES string of the molecule is CC[C@H]1[NH+](Cc2ccccc2)CC[C@@]2(C)O[C@@]12CC.O=[N+]([O-])c1cc([N+](=O)[O-])c(S(=O)(=O)[O-])c([N+](=O)[O-])c1. The molecule has 0 spiro atoms. The number of nitrogens with zero attached hydrogens (tertiary/aromatic N) is 3. The lowest BCUT2D eigenvalue weighted by Gasteiger charge is -2.37. The van der Waals surface area contributed by atoms with E-state index in [2.05, 4.69) is 51.1 Å². The number of benzene rings is 2. The normalized spacial score (nSPS) is 25.9. The smallest absolute Gasteiger partial charge is 0.300 e. The van der Waals surface area contributed by atoms with Crippen LogP contribution in [0.3, 0.4) is 0 Å². The van der Waals surface area contributed by atoms with E-state index in [0.717, 1.165) is 13.0 Å². The molecule has 2 fully saturated rings. The Kier molecular flexibility index (Phi) is 8.16. The predicted molar refractivity (Wildman–Crippen MR) is 132 cm³/mol. The number of quaternary nitrogens is 1. The number of rotatable bonds is 8. The highest BCUT2D eigenvalue weighted by Crippen LogP contribution is 2.56. The summed E-state index contributed by atoms with van der Waals surface area (Å²) in [5, 5.41) is 31.6. The van der Waals surface area contributed by atoms with Gasteiger partial charge in [-0.1, -0.05) is 44.2 Å². The Balaban J connectivity index is 0.000000211. The third kappa shape index (κ3) is 5.50. The summed E-state index contributed by atoms with van der Waals surface area (Å²) in [6.07, 6.45) is 3.57. The Morgan fingerprint density at radius 2 is 1.55 bits per heavy atom. The van der Waals surface area contributed by atoms with Crippen molar-refractivity contribution in [2.45, 2.75) is 68.7 Å². The first-order valence-electron chi connectivity index (χ1n) is 11.9. The highest BCUT2D eigenvalue weighted by atomic mass is 32.2. The molecule has 2 aliphatic rings. The monoisotopic (exact) mass is 552 g/mol. The van der Waals surface area contributed by atoms with Crippen LogP contribution in [-0.2, 0) is 21.4 Å². The van der Waals surface area contributed by atoms with Crippen molar-refractivity contribution in [1.29, 1.82) is 0 Å². The van der Waals surface area contributed by atoms with Crippen LogP contribution < -0.4 is 4.90 Å². The third-order valence-electron chi connectivity index (χ3n) is 7.34. The van der Waals surface area contributed by atoms with Gasteiger partial charge in [0.2, 0.25) is 4.90 Å². The molecule has 2 aromatic rings. The third-order valence-corrected chi connectivity index (χ3v) is 8.25. The minimum Gasteiger partial charge on any atom is -0.744 e. The second-order valence-electron chi connectivity index (χ2n) is 9.40. The largest absolute Gasteiger partial charge is 0.744 e. The second kappa shape index (κ2) is 10.7. The number of likely N-dealkylation sites (tertiary alicyclic amines) is 1. The van der Waals surface area contributed by atoms with Crippen LogP contribution >= 0.6 is 0 Å². The Bertz CT molecular complexity index is 1320. The van der Waals surface area contributed by atoms with Crippen molar-refractivity contribution >= 4 is 27.2 Å². The van der Waals surface area contributed by atoms with Gasteiger partial charge in [-0.15, -0.1) is 0 Å². The molecule has 4 atom stereocenters. The average Bonchev–Trinajstić information content (AvgIpc) is 3.49. The van der Waals surface area contributed by atoms with Crippen LogP contribution in [0.15, 0.2) is 47.4 Å². The van der Waals surface area contributed by atoms with Gasteiger partial charge in [0.15, 0.2) is 0 Å². The van der Waals surface area contributed by atoms with E-state index in [1.54, 1.807) is 4.90 Å². The number of nitro groups is 3. The van der Waals surface area contributed by atoms with Gasteiger partial charge in [0.25, 0.3) is 5.69 Å². The lowest BCUT2D eigenvalue weighted by molar-refractivity contribution is -0.946. The van der Waals surface area contributed by atoms with Crippen LogP contribution in [-0.4, -0.2) is 51.5 Å². The van der Waals surface area contributed by atoms with Crippen molar-refractivity contribution in [3.05, 3.63) is 78.4 Å². The maximum Gasteiger partial charge on any atom is 0.300 e. The van der Waals surface area contributed by atoms with E-state index in [0.29, 0.717) is 6.04 Å². The lowest BCUT2D eigenvalue weighted by atomic mass is 9.78. The molecular weight excluding hydrogens is 524 g/mol. The van der Waals surface area contributed by atoms with Crippen LogP contribution in [0, 0.1) is 30.3 Å². The van der Waals surface area contributed by atoms with Crippen molar-refractivity contribution < 1.29 is 37.4 Å². The van der Waals surface area contributed by atoms with Gasteiger partial charge >= 0.3 is 11.4 Å². The molecule has 2 saturated heterocycles. The molecule has 0 aliphatic carbocycles. The predicted octanol–water partition coefficient (Wildman–Crippen LogP) is 2.51. The molecule has 1 unspecified atom stereocenters. The van der Waals surface area contributed by atoms with Gasteiger partial charge in [-0.05, 0) is 19.8 Å². The van der Waals surface area contributed by atoms with Crippen LogP contribution in [0.25, 0.3) is 0 Å². The van der Waals surface area contributed by atoms with E-state index in [1.807, 2.05) is 0 Å². The number of nitrogens with one attached hydrogen (secondary N) is 1. The van der Waals surface area contributed by atoms with E-state index < -0.39 is 46.8 Å². The number of hydrogen-bond acceptors (Lipinski definition) is 10. The van der Waals surface area contributed by atoms with Crippen molar-refractivity contribution in [1.82, 2.24) is 0 Å². The molecule has 2 heterocycles. The molecule has 1 N–H and O–H groups in total. The highest BCUT2D eigenvalue weighted by molar-refractivity contribution is 7.86. The summed E-state index contributed by atoms with van der Waals surface area (Å²) in [5.74, 6) is 0. The quantitative estimate of drug-likeness (QED) is 0.219. The first kappa shape index (κ1) is 29.0. The van der Waals surface area contributed by atoms with Crippen molar-refractivity contribution in [2.75, 3.05) is 6.54 Å². The van der Waals surface area contributed by atoms with E-state index in [9.17, 15) is 43.3 Å². The Morgan fingerprint density at radius 1 is 1.00 bits per heavy atom. The van der Waals surface area contributed by atoms with Gasteiger partial charge < -0.3 is 14.2 Å². The van der Waals surface area contributed by atoms with E-state index in [-0.39, 0.29) is 23.3 Å². The zero-order valence-corrected chi connectivity index (χ0v) is 21.8.